The van der Waals surface area contributed by atoms with Crippen LogP contribution < -0.4 is 0 Å². The minimum atomic E-state index is 0.151. The lowest BCUT2D eigenvalue weighted by Crippen LogP contribution is -2.23. The summed E-state index contributed by atoms with van der Waals surface area (Å²) in [7, 11) is 0. The molecule has 2 aliphatic carbocycles. The standard InChI is InChI=1S/C25H31NOS/c1-4-16(2)26-24(17(3)18-9-10-18)25(27)20-13-11-19(12-14-20)22-15-28-23-8-6-5-7-21(22)23/h5-8,15,18-20H,4,9-14H2,1-3H3/b24-17+,26-16?. The van der Waals surface area contributed by atoms with Crippen molar-refractivity contribution in [1.82, 2.24) is 0 Å². The van der Waals surface area contributed by atoms with Gasteiger partial charge in [0.2, 0.25) is 0 Å². The molecule has 0 radical (unpaired) electrons. The maximum Gasteiger partial charge on any atom is 0.184 e. The van der Waals surface area contributed by atoms with Crippen LogP contribution in [-0.2, 0) is 4.79 Å². The fourth-order valence-corrected chi connectivity index (χ4v) is 5.53. The average Bonchev–Trinajstić information content (AvgIpc) is 3.50. The number of rotatable bonds is 6. The number of benzene rings is 1. The van der Waals surface area contributed by atoms with E-state index >= 15 is 0 Å². The van der Waals surface area contributed by atoms with Gasteiger partial charge in [0.05, 0.1) is 0 Å². The summed E-state index contributed by atoms with van der Waals surface area (Å²) < 4.78 is 1.38. The summed E-state index contributed by atoms with van der Waals surface area (Å²) >= 11 is 1.85. The van der Waals surface area contributed by atoms with Crippen LogP contribution in [0.15, 0.2) is 45.9 Å². The predicted molar refractivity (Wildman–Crippen MR) is 120 cm³/mol. The molecule has 1 heterocycles. The third-order valence-corrected chi connectivity index (χ3v) is 7.64. The van der Waals surface area contributed by atoms with Crippen molar-refractivity contribution in [3.8, 4) is 0 Å². The van der Waals surface area contributed by atoms with Gasteiger partial charge in [-0.25, -0.2) is 0 Å². The molecule has 0 saturated heterocycles. The van der Waals surface area contributed by atoms with E-state index in [0.717, 1.165) is 43.5 Å². The highest BCUT2D eigenvalue weighted by atomic mass is 32.1. The molecule has 0 amide bonds. The number of hydrogen-bond donors (Lipinski definition) is 0. The van der Waals surface area contributed by atoms with Gasteiger partial charge in [0.15, 0.2) is 5.78 Å². The molecule has 2 saturated carbocycles. The summed E-state index contributed by atoms with van der Waals surface area (Å²) in [6.45, 7) is 6.30. The molecule has 0 atom stereocenters. The molecule has 0 aliphatic heterocycles. The fourth-order valence-electron chi connectivity index (χ4n) is 4.49. The number of ketones is 1. The van der Waals surface area contributed by atoms with Crippen molar-refractivity contribution in [3.05, 3.63) is 46.5 Å². The van der Waals surface area contributed by atoms with Crippen molar-refractivity contribution in [1.29, 1.82) is 0 Å². The summed E-state index contributed by atoms with van der Waals surface area (Å²) in [4.78, 5) is 18.2. The first kappa shape index (κ1) is 19.6. The lowest BCUT2D eigenvalue weighted by atomic mass is 9.76. The van der Waals surface area contributed by atoms with Gasteiger partial charge >= 0.3 is 0 Å². The SMILES string of the molecule is CCC(C)=N/C(C(=O)C1CCC(c2csc3ccccc23)CC1)=C(\C)C1CC1. The molecule has 28 heavy (non-hydrogen) atoms. The molecule has 0 spiro atoms. The quantitative estimate of drug-likeness (QED) is 0.374. The van der Waals surface area contributed by atoms with Crippen LogP contribution >= 0.6 is 11.3 Å². The summed E-state index contributed by atoms with van der Waals surface area (Å²) in [6.07, 6.45) is 7.58. The van der Waals surface area contributed by atoms with Gasteiger partial charge in [0.25, 0.3) is 0 Å². The van der Waals surface area contributed by atoms with Gasteiger partial charge in [-0.15, -0.1) is 11.3 Å². The summed E-state index contributed by atoms with van der Waals surface area (Å²) in [5.74, 6) is 1.66. The van der Waals surface area contributed by atoms with Crippen LogP contribution in [0.3, 0.4) is 0 Å². The molecule has 2 nitrogen and oxygen atoms in total. The van der Waals surface area contributed by atoms with E-state index in [2.05, 4.69) is 43.5 Å². The number of nitrogens with zero attached hydrogens (tertiary/aromatic N) is 1. The number of carbonyl (C=O) groups excluding carboxylic acids is 1. The first-order chi connectivity index (χ1) is 13.6. The second-order valence-corrected chi connectivity index (χ2v) is 9.52. The molecule has 0 bridgehead atoms. The molecule has 1 aromatic heterocycles. The van der Waals surface area contributed by atoms with Crippen molar-refractivity contribution in [3.63, 3.8) is 0 Å². The zero-order chi connectivity index (χ0) is 19.7. The van der Waals surface area contributed by atoms with E-state index in [1.165, 1.54) is 34.1 Å². The third kappa shape index (κ3) is 4.00. The van der Waals surface area contributed by atoms with Crippen molar-refractivity contribution >= 4 is 32.9 Å². The Kier molecular flexibility index (Phi) is 5.82. The molecule has 2 aliphatic rings. The van der Waals surface area contributed by atoms with Crippen LogP contribution in [-0.4, -0.2) is 11.5 Å². The van der Waals surface area contributed by atoms with Crippen LogP contribution in [0.2, 0.25) is 0 Å². The Labute approximate surface area is 172 Å². The Hall–Kier alpha value is -1.74. The minimum Gasteiger partial charge on any atom is -0.292 e. The predicted octanol–water partition coefficient (Wildman–Crippen LogP) is 7.30. The van der Waals surface area contributed by atoms with Crippen LogP contribution in [0, 0.1) is 11.8 Å². The fraction of sp³-hybridized carbons (Fsp3) is 0.520. The number of carbonyl (C=O) groups is 1. The molecular formula is C25H31NOS. The Morgan fingerprint density at radius 2 is 1.71 bits per heavy atom. The van der Waals surface area contributed by atoms with Crippen molar-refractivity contribution in [2.45, 2.75) is 71.6 Å². The average molecular weight is 394 g/mol. The number of fused-ring (bicyclic) bond motifs is 1. The second kappa shape index (κ2) is 8.32. The highest BCUT2D eigenvalue weighted by Crippen LogP contribution is 2.43. The Morgan fingerprint density at radius 3 is 2.39 bits per heavy atom. The topological polar surface area (TPSA) is 29.4 Å². The normalized spacial score (nSPS) is 24.3. The molecule has 2 fully saturated rings. The zero-order valence-corrected chi connectivity index (χ0v) is 18.1. The number of thiophene rings is 1. The Bertz CT molecular complexity index is 923. The maximum atomic E-state index is 13.4. The van der Waals surface area contributed by atoms with Gasteiger partial charge in [0.1, 0.15) is 5.70 Å². The second-order valence-electron chi connectivity index (χ2n) is 8.61. The van der Waals surface area contributed by atoms with Crippen LogP contribution in [0.25, 0.3) is 10.1 Å². The van der Waals surface area contributed by atoms with Crippen molar-refractivity contribution in [2.24, 2.45) is 16.8 Å². The molecule has 148 valence electrons. The molecule has 1 aromatic carbocycles. The summed E-state index contributed by atoms with van der Waals surface area (Å²) in [5.41, 5.74) is 4.60. The van der Waals surface area contributed by atoms with E-state index in [0.29, 0.717) is 17.6 Å². The van der Waals surface area contributed by atoms with E-state index in [9.17, 15) is 4.79 Å². The van der Waals surface area contributed by atoms with E-state index in [4.69, 9.17) is 4.99 Å². The third-order valence-electron chi connectivity index (χ3n) is 6.66. The van der Waals surface area contributed by atoms with Crippen molar-refractivity contribution in [2.75, 3.05) is 0 Å². The number of allylic oxidation sites excluding steroid dienone is 2. The zero-order valence-electron chi connectivity index (χ0n) is 17.3. The minimum absolute atomic E-state index is 0.151. The highest BCUT2D eigenvalue weighted by Gasteiger charge is 2.33. The molecule has 4 rings (SSSR count). The lowest BCUT2D eigenvalue weighted by Gasteiger charge is -2.28. The van der Waals surface area contributed by atoms with Crippen LogP contribution in [0.1, 0.15) is 77.2 Å². The largest absolute Gasteiger partial charge is 0.292 e. The Morgan fingerprint density at radius 1 is 1.04 bits per heavy atom. The Balaban J connectivity index is 1.49. The summed E-state index contributed by atoms with van der Waals surface area (Å²) in [5, 5.41) is 3.75. The molecule has 2 aromatic rings. The van der Waals surface area contributed by atoms with Gasteiger partial charge in [-0.3, -0.25) is 9.79 Å². The number of hydrogen-bond acceptors (Lipinski definition) is 3. The van der Waals surface area contributed by atoms with E-state index in [-0.39, 0.29) is 5.92 Å². The molecule has 0 unspecified atom stereocenters. The summed E-state index contributed by atoms with van der Waals surface area (Å²) in [6, 6.07) is 8.72. The van der Waals surface area contributed by atoms with Gasteiger partial charge in [0, 0.05) is 16.3 Å². The maximum absolute atomic E-state index is 13.4. The molecular weight excluding hydrogens is 362 g/mol. The van der Waals surface area contributed by atoms with Gasteiger partial charge in [-0.2, -0.15) is 0 Å². The van der Waals surface area contributed by atoms with Gasteiger partial charge in [-0.05, 0) is 98.6 Å². The highest BCUT2D eigenvalue weighted by molar-refractivity contribution is 7.17. The first-order valence-corrected chi connectivity index (χ1v) is 11.7. The number of aliphatic imine (C=N–C) groups is 1. The van der Waals surface area contributed by atoms with E-state index in [1.807, 2.05) is 18.3 Å². The van der Waals surface area contributed by atoms with E-state index in [1.54, 1.807) is 0 Å². The molecule has 0 N–H and O–H groups in total. The monoisotopic (exact) mass is 393 g/mol. The van der Waals surface area contributed by atoms with Crippen LogP contribution in [0.4, 0.5) is 0 Å². The van der Waals surface area contributed by atoms with Gasteiger partial charge in [-0.1, -0.05) is 25.1 Å². The van der Waals surface area contributed by atoms with Gasteiger partial charge < -0.3 is 0 Å². The van der Waals surface area contributed by atoms with E-state index < -0.39 is 0 Å². The first-order valence-electron chi connectivity index (χ1n) is 10.8. The van der Waals surface area contributed by atoms with Crippen LogP contribution in [0.5, 0.6) is 0 Å². The smallest absolute Gasteiger partial charge is 0.184 e. The van der Waals surface area contributed by atoms with Crippen molar-refractivity contribution < 1.29 is 4.79 Å². The lowest BCUT2D eigenvalue weighted by molar-refractivity contribution is -0.120. The number of Topliss-reactive ketones (excluding diaryl/α,β-unsaturated/α-hetero) is 1. The molecule has 3 heteroatoms.